The maximum atomic E-state index is 15.5. The van der Waals surface area contributed by atoms with E-state index in [1.807, 2.05) is 77.9 Å². The van der Waals surface area contributed by atoms with E-state index in [2.05, 4.69) is 0 Å². The van der Waals surface area contributed by atoms with Crippen molar-refractivity contribution in [3.05, 3.63) is 129 Å². The van der Waals surface area contributed by atoms with Gasteiger partial charge in [-0.2, -0.15) is 0 Å². The van der Waals surface area contributed by atoms with Crippen LogP contribution in [0.3, 0.4) is 0 Å². The van der Waals surface area contributed by atoms with E-state index in [0.717, 1.165) is 23.5 Å². The lowest BCUT2D eigenvalue weighted by atomic mass is 9.71. The Morgan fingerprint density at radius 2 is 0.675 bits per heavy atom. The van der Waals surface area contributed by atoms with Crippen LogP contribution in [-0.4, -0.2) is 9.97 Å². The molecule has 0 saturated heterocycles. The SMILES string of the molecule is CC1(C)c2cccc(n2)C(C)(C)c2cc(c(F)cc2F)C(C)(C)c2cc(c(F)cc2F)C(C)(C)c2cccc1n2. The largest absolute Gasteiger partial charge is 0.256 e. The Morgan fingerprint density at radius 3 is 1.00 bits per heavy atom. The van der Waals surface area contributed by atoms with E-state index in [9.17, 15) is 0 Å². The second kappa shape index (κ2) is 8.98. The molecule has 0 unspecified atom stereocenters. The van der Waals surface area contributed by atoms with Gasteiger partial charge in [-0.15, -0.1) is 0 Å². The van der Waals surface area contributed by atoms with Crippen LogP contribution in [0.5, 0.6) is 0 Å². The van der Waals surface area contributed by atoms with Gasteiger partial charge in [-0.05, 0) is 72.5 Å². The fraction of sp³-hybridized carbons (Fsp3) is 0.353. The molecular weight excluding hydrogens is 512 g/mol. The van der Waals surface area contributed by atoms with E-state index in [1.165, 1.54) is 12.1 Å². The molecule has 0 radical (unpaired) electrons. The molecule has 1 aliphatic heterocycles. The third kappa shape index (κ3) is 4.15. The third-order valence-electron chi connectivity index (χ3n) is 8.87. The van der Waals surface area contributed by atoms with Crippen molar-refractivity contribution in [1.82, 2.24) is 9.97 Å². The van der Waals surface area contributed by atoms with Crippen molar-refractivity contribution >= 4 is 0 Å². The summed E-state index contributed by atoms with van der Waals surface area (Å²) in [6, 6.07) is 15.9. The number of pyridine rings is 2. The summed E-state index contributed by atoms with van der Waals surface area (Å²) in [5, 5.41) is 0. The summed E-state index contributed by atoms with van der Waals surface area (Å²) in [7, 11) is 0. The molecule has 1 aliphatic rings. The molecule has 0 saturated carbocycles. The topological polar surface area (TPSA) is 25.8 Å². The zero-order valence-corrected chi connectivity index (χ0v) is 24.2. The molecule has 8 bridgehead atoms. The average Bonchev–Trinajstić information content (AvgIpc) is 2.87. The van der Waals surface area contributed by atoms with Crippen LogP contribution in [0.4, 0.5) is 17.6 Å². The van der Waals surface area contributed by atoms with Gasteiger partial charge in [-0.3, -0.25) is 9.97 Å². The van der Waals surface area contributed by atoms with Crippen molar-refractivity contribution in [2.75, 3.05) is 0 Å². The van der Waals surface area contributed by atoms with Crippen LogP contribution in [0.25, 0.3) is 0 Å². The van der Waals surface area contributed by atoms with Crippen molar-refractivity contribution in [2.45, 2.75) is 77.0 Å². The van der Waals surface area contributed by atoms with Crippen LogP contribution in [0, 0.1) is 23.3 Å². The van der Waals surface area contributed by atoms with Gasteiger partial charge in [0.2, 0.25) is 0 Å². The minimum Gasteiger partial charge on any atom is -0.256 e. The van der Waals surface area contributed by atoms with Crippen molar-refractivity contribution in [1.29, 1.82) is 0 Å². The molecule has 0 atom stereocenters. The van der Waals surface area contributed by atoms with E-state index in [1.54, 1.807) is 13.8 Å². The molecule has 0 amide bonds. The molecule has 6 heteroatoms. The van der Waals surface area contributed by atoms with Crippen LogP contribution in [0.15, 0.2) is 60.7 Å². The molecule has 2 nitrogen and oxygen atoms in total. The summed E-state index contributed by atoms with van der Waals surface area (Å²) < 4.78 is 62.1. The minimum atomic E-state index is -1.27. The number of hydrogen-bond donors (Lipinski definition) is 0. The van der Waals surface area contributed by atoms with Crippen molar-refractivity contribution in [2.24, 2.45) is 0 Å². The molecule has 2 aromatic heterocycles. The number of aromatic nitrogens is 2. The third-order valence-corrected chi connectivity index (χ3v) is 8.87. The van der Waals surface area contributed by atoms with Gasteiger partial charge >= 0.3 is 0 Å². The maximum Gasteiger partial charge on any atom is 0.130 e. The van der Waals surface area contributed by atoms with E-state index >= 15 is 17.6 Å². The summed E-state index contributed by atoms with van der Waals surface area (Å²) in [6.45, 7) is 14.7. The van der Waals surface area contributed by atoms with E-state index in [4.69, 9.17) is 9.97 Å². The normalized spacial score (nSPS) is 18.3. The lowest BCUT2D eigenvalue weighted by Crippen LogP contribution is -2.31. The summed E-state index contributed by atoms with van der Waals surface area (Å²) in [5.41, 5.74) is -0.514. The molecular formula is C34H34F4N2. The number of fused-ring (bicyclic) bond motifs is 8. The van der Waals surface area contributed by atoms with Crippen molar-refractivity contribution in [3.63, 3.8) is 0 Å². The molecule has 208 valence electrons. The summed E-state index contributed by atoms with van der Waals surface area (Å²) in [4.78, 5) is 9.96. The zero-order valence-electron chi connectivity index (χ0n) is 24.2. The quantitative estimate of drug-likeness (QED) is 0.206. The molecule has 0 spiro atoms. The molecule has 5 rings (SSSR count). The van der Waals surface area contributed by atoms with Crippen molar-refractivity contribution < 1.29 is 17.6 Å². The Hall–Kier alpha value is -3.54. The van der Waals surface area contributed by atoms with Gasteiger partial charge in [0.25, 0.3) is 0 Å². The first-order chi connectivity index (χ1) is 18.5. The predicted octanol–water partition coefficient (Wildman–Crippen LogP) is 8.65. The molecule has 3 heterocycles. The molecule has 0 fully saturated rings. The summed E-state index contributed by atoms with van der Waals surface area (Å²) in [6.07, 6.45) is 0. The van der Waals surface area contributed by atoms with Crippen LogP contribution in [0.1, 0.15) is 100 Å². The van der Waals surface area contributed by atoms with Crippen molar-refractivity contribution in [3.8, 4) is 0 Å². The zero-order chi connectivity index (χ0) is 29.4. The van der Waals surface area contributed by atoms with Gasteiger partial charge in [0.1, 0.15) is 23.3 Å². The van der Waals surface area contributed by atoms with Gasteiger partial charge in [-0.1, -0.05) is 53.7 Å². The maximum absolute atomic E-state index is 15.5. The number of benzene rings is 2. The van der Waals surface area contributed by atoms with Gasteiger partial charge in [0, 0.05) is 33.8 Å². The van der Waals surface area contributed by atoms with Gasteiger partial charge in [0.15, 0.2) is 0 Å². The minimum absolute atomic E-state index is 0.106. The van der Waals surface area contributed by atoms with E-state index in [-0.39, 0.29) is 22.3 Å². The van der Waals surface area contributed by atoms with Gasteiger partial charge < -0.3 is 0 Å². The fourth-order valence-electron chi connectivity index (χ4n) is 5.83. The molecule has 40 heavy (non-hydrogen) atoms. The predicted molar refractivity (Wildman–Crippen MR) is 150 cm³/mol. The first kappa shape index (κ1) is 28.0. The van der Waals surface area contributed by atoms with Gasteiger partial charge in [-0.25, -0.2) is 17.6 Å². The Bertz CT molecular complexity index is 1530. The highest BCUT2D eigenvalue weighted by molar-refractivity contribution is 5.49. The van der Waals surface area contributed by atoms with Crippen LogP contribution < -0.4 is 0 Å². The summed E-state index contributed by atoms with van der Waals surface area (Å²) >= 11 is 0. The first-order valence-electron chi connectivity index (χ1n) is 13.4. The molecule has 2 aromatic carbocycles. The van der Waals surface area contributed by atoms with Crippen LogP contribution in [-0.2, 0) is 21.7 Å². The van der Waals surface area contributed by atoms with E-state index in [0.29, 0.717) is 11.4 Å². The number of halogens is 4. The molecule has 4 aromatic rings. The Kier molecular flexibility index (Phi) is 6.29. The lowest BCUT2D eigenvalue weighted by Gasteiger charge is -2.34. The monoisotopic (exact) mass is 546 g/mol. The fourth-order valence-corrected chi connectivity index (χ4v) is 5.83. The smallest absolute Gasteiger partial charge is 0.130 e. The lowest BCUT2D eigenvalue weighted by molar-refractivity contribution is 0.475. The number of rotatable bonds is 0. The summed E-state index contributed by atoms with van der Waals surface area (Å²) in [5.74, 6) is -3.04. The Labute approximate surface area is 233 Å². The average molecular weight is 547 g/mol. The Balaban J connectivity index is 1.93. The number of nitrogens with zero attached hydrogens (tertiary/aromatic N) is 2. The second-order valence-corrected chi connectivity index (χ2v) is 12.9. The Morgan fingerprint density at radius 1 is 0.400 bits per heavy atom. The highest BCUT2D eigenvalue weighted by atomic mass is 19.1. The van der Waals surface area contributed by atoms with Crippen LogP contribution >= 0.6 is 0 Å². The second-order valence-electron chi connectivity index (χ2n) is 12.9. The standard InChI is InChI=1S/C34H34F4N2/c1-31(2)19-15-21(25(37)17-23(19)35)32(3,4)27-11-9-13-29(39-27)34(7,8)30-14-10-12-28(40-30)33(5,6)22-16-20(31)24(36)18-26(22)38/h9-18H,1-8H3. The van der Waals surface area contributed by atoms with Crippen LogP contribution in [0.2, 0.25) is 0 Å². The van der Waals surface area contributed by atoms with Gasteiger partial charge in [0.05, 0.1) is 22.8 Å². The van der Waals surface area contributed by atoms with E-state index < -0.39 is 44.9 Å². The molecule has 0 N–H and O–H groups in total. The first-order valence-corrected chi connectivity index (χ1v) is 13.4. The highest BCUT2D eigenvalue weighted by Gasteiger charge is 2.39. The molecule has 0 aliphatic carbocycles. The number of hydrogen-bond acceptors (Lipinski definition) is 2. The highest BCUT2D eigenvalue weighted by Crippen LogP contribution is 2.43.